The molecule has 2 aliphatic heterocycles. The van der Waals surface area contributed by atoms with Crippen molar-refractivity contribution in [2.75, 3.05) is 32.7 Å². The predicted molar refractivity (Wildman–Crippen MR) is 75.6 cm³/mol. The van der Waals surface area contributed by atoms with Gasteiger partial charge in [-0.25, -0.2) is 0 Å². The van der Waals surface area contributed by atoms with Gasteiger partial charge in [-0.1, -0.05) is 13.3 Å². The highest BCUT2D eigenvalue weighted by Crippen LogP contribution is 2.38. The molecule has 2 heterocycles. The quantitative estimate of drug-likeness (QED) is 0.807. The number of nitrogens with two attached hydrogens (primary N) is 1. The number of hydrogen-bond donors (Lipinski definition) is 1. The molecule has 2 saturated heterocycles. The van der Waals surface area contributed by atoms with Crippen LogP contribution < -0.4 is 5.73 Å². The smallest absolute Gasteiger partial charge is 0.0470 e. The average molecular weight is 251 g/mol. The zero-order chi connectivity index (χ0) is 12.6. The van der Waals surface area contributed by atoms with Crippen molar-refractivity contribution in [1.29, 1.82) is 0 Å². The normalized spacial score (nSPS) is 38.7. The van der Waals surface area contributed by atoms with Gasteiger partial charge in [0, 0.05) is 37.8 Å². The minimum absolute atomic E-state index is 0.324. The summed E-state index contributed by atoms with van der Waals surface area (Å²) in [6.07, 6.45) is 8.31. The lowest BCUT2D eigenvalue weighted by molar-refractivity contribution is 0.121. The molecule has 18 heavy (non-hydrogen) atoms. The van der Waals surface area contributed by atoms with Gasteiger partial charge in [-0.2, -0.15) is 0 Å². The Morgan fingerprint density at radius 1 is 1.22 bits per heavy atom. The molecule has 3 nitrogen and oxygen atoms in total. The van der Waals surface area contributed by atoms with Crippen LogP contribution in [0.5, 0.6) is 0 Å². The molecule has 2 N–H and O–H groups in total. The topological polar surface area (TPSA) is 32.5 Å². The van der Waals surface area contributed by atoms with Crippen LogP contribution in [0.4, 0.5) is 0 Å². The first-order chi connectivity index (χ1) is 8.77. The minimum Gasteiger partial charge on any atom is -0.329 e. The van der Waals surface area contributed by atoms with Crippen LogP contribution >= 0.6 is 0 Å². The molecule has 0 aromatic carbocycles. The molecule has 0 amide bonds. The molecular weight excluding hydrogens is 222 g/mol. The summed E-state index contributed by atoms with van der Waals surface area (Å²) in [6, 6.07) is 0.910. The molecule has 104 valence electrons. The second-order valence-corrected chi connectivity index (χ2v) is 6.77. The van der Waals surface area contributed by atoms with Crippen molar-refractivity contribution < 1.29 is 0 Å². The van der Waals surface area contributed by atoms with E-state index in [1.165, 1.54) is 64.7 Å². The van der Waals surface area contributed by atoms with E-state index in [0.29, 0.717) is 5.54 Å². The van der Waals surface area contributed by atoms with Crippen LogP contribution in [0.1, 0.15) is 45.4 Å². The summed E-state index contributed by atoms with van der Waals surface area (Å²) in [5.41, 5.74) is 6.51. The third kappa shape index (κ3) is 2.33. The van der Waals surface area contributed by atoms with Gasteiger partial charge in [0.25, 0.3) is 0 Å². The molecule has 0 bridgehead atoms. The Hall–Kier alpha value is -0.120. The molecule has 3 aliphatic rings. The van der Waals surface area contributed by atoms with Gasteiger partial charge < -0.3 is 5.73 Å². The van der Waals surface area contributed by atoms with Crippen LogP contribution in [-0.2, 0) is 0 Å². The highest BCUT2D eigenvalue weighted by atomic mass is 15.3. The molecule has 0 spiro atoms. The van der Waals surface area contributed by atoms with Gasteiger partial charge in [0.05, 0.1) is 0 Å². The number of likely N-dealkylation sites (tertiary alicyclic amines) is 2. The molecule has 0 aromatic rings. The van der Waals surface area contributed by atoms with Crippen LogP contribution in [-0.4, -0.2) is 54.1 Å². The van der Waals surface area contributed by atoms with Crippen molar-refractivity contribution in [3.8, 4) is 0 Å². The Labute approximate surface area is 112 Å². The summed E-state index contributed by atoms with van der Waals surface area (Å²) in [7, 11) is 0. The maximum absolute atomic E-state index is 6.18. The Bertz CT molecular complexity index is 289. The van der Waals surface area contributed by atoms with E-state index in [1.807, 2.05) is 0 Å². The molecule has 2 unspecified atom stereocenters. The SMILES string of the molecule is CCCC1CCN(C2(CN)CCN(C3CC3)C2)C1. The van der Waals surface area contributed by atoms with Crippen molar-refractivity contribution in [2.24, 2.45) is 11.7 Å². The molecule has 0 radical (unpaired) electrons. The van der Waals surface area contributed by atoms with Crippen LogP contribution in [0, 0.1) is 5.92 Å². The maximum atomic E-state index is 6.18. The van der Waals surface area contributed by atoms with Gasteiger partial charge in [0.2, 0.25) is 0 Å². The highest BCUT2D eigenvalue weighted by Gasteiger charge is 2.47. The largest absolute Gasteiger partial charge is 0.329 e. The van der Waals surface area contributed by atoms with E-state index in [2.05, 4.69) is 16.7 Å². The highest BCUT2D eigenvalue weighted by molar-refractivity contribution is 5.05. The van der Waals surface area contributed by atoms with E-state index in [4.69, 9.17) is 5.73 Å². The first-order valence-corrected chi connectivity index (χ1v) is 7.96. The van der Waals surface area contributed by atoms with Crippen molar-refractivity contribution in [3.63, 3.8) is 0 Å². The van der Waals surface area contributed by atoms with Crippen LogP contribution in [0.15, 0.2) is 0 Å². The predicted octanol–water partition coefficient (Wildman–Crippen LogP) is 1.67. The van der Waals surface area contributed by atoms with Crippen LogP contribution in [0.2, 0.25) is 0 Å². The standard InChI is InChI=1S/C15H29N3/c1-2-3-13-6-8-18(10-13)15(11-16)7-9-17(12-15)14-4-5-14/h13-14H,2-12,16H2,1H3. The second-order valence-electron chi connectivity index (χ2n) is 6.77. The van der Waals surface area contributed by atoms with E-state index in [0.717, 1.165) is 18.5 Å². The molecule has 3 heteroatoms. The Morgan fingerprint density at radius 3 is 2.72 bits per heavy atom. The second kappa shape index (κ2) is 5.10. The van der Waals surface area contributed by atoms with E-state index in [9.17, 15) is 0 Å². The van der Waals surface area contributed by atoms with E-state index >= 15 is 0 Å². The zero-order valence-electron chi connectivity index (χ0n) is 11.9. The summed E-state index contributed by atoms with van der Waals surface area (Å²) in [5.74, 6) is 0.938. The lowest BCUT2D eigenvalue weighted by atomic mass is 9.96. The zero-order valence-corrected chi connectivity index (χ0v) is 11.9. The van der Waals surface area contributed by atoms with Gasteiger partial charge in [-0.3, -0.25) is 9.80 Å². The summed E-state index contributed by atoms with van der Waals surface area (Å²) >= 11 is 0. The van der Waals surface area contributed by atoms with Gasteiger partial charge >= 0.3 is 0 Å². The van der Waals surface area contributed by atoms with Gasteiger partial charge in [-0.05, 0) is 44.6 Å². The van der Waals surface area contributed by atoms with Crippen LogP contribution in [0.25, 0.3) is 0 Å². The molecule has 1 aliphatic carbocycles. The third-order valence-electron chi connectivity index (χ3n) is 5.46. The fourth-order valence-corrected chi connectivity index (χ4v) is 4.10. The molecule has 3 fully saturated rings. The van der Waals surface area contributed by atoms with Crippen molar-refractivity contribution in [2.45, 2.75) is 57.0 Å². The number of hydrogen-bond acceptors (Lipinski definition) is 3. The Balaban J connectivity index is 1.62. The van der Waals surface area contributed by atoms with Crippen LogP contribution in [0.3, 0.4) is 0 Å². The summed E-state index contributed by atoms with van der Waals surface area (Å²) in [4.78, 5) is 5.45. The monoisotopic (exact) mass is 251 g/mol. The Kier molecular flexibility index (Phi) is 3.65. The molecule has 1 saturated carbocycles. The molecule has 0 aromatic heterocycles. The average Bonchev–Trinajstić information content (AvgIpc) is 2.97. The summed E-state index contributed by atoms with van der Waals surface area (Å²) in [5, 5.41) is 0. The lowest BCUT2D eigenvalue weighted by Gasteiger charge is -2.38. The molecule has 2 atom stereocenters. The van der Waals surface area contributed by atoms with Gasteiger partial charge in [-0.15, -0.1) is 0 Å². The van der Waals surface area contributed by atoms with E-state index < -0.39 is 0 Å². The first kappa shape index (κ1) is 12.9. The first-order valence-electron chi connectivity index (χ1n) is 7.96. The molecule has 3 rings (SSSR count). The van der Waals surface area contributed by atoms with Crippen molar-refractivity contribution in [1.82, 2.24) is 9.80 Å². The van der Waals surface area contributed by atoms with Crippen molar-refractivity contribution in [3.05, 3.63) is 0 Å². The summed E-state index contributed by atoms with van der Waals surface area (Å²) in [6.45, 7) is 8.30. The third-order valence-corrected chi connectivity index (χ3v) is 5.46. The van der Waals surface area contributed by atoms with E-state index in [-0.39, 0.29) is 0 Å². The maximum Gasteiger partial charge on any atom is 0.0470 e. The van der Waals surface area contributed by atoms with Gasteiger partial charge in [0.15, 0.2) is 0 Å². The van der Waals surface area contributed by atoms with E-state index in [1.54, 1.807) is 0 Å². The van der Waals surface area contributed by atoms with Crippen molar-refractivity contribution >= 4 is 0 Å². The fraction of sp³-hybridized carbons (Fsp3) is 1.00. The number of nitrogens with zero attached hydrogens (tertiary/aromatic N) is 2. The summed E-state index contributed by atoms with van der Waals surface area (Å²) < 4.78 is 0. The van der Waals surface area contributed by atoms with Gasteiger partial charge in [0.1, 0.15) is 0 Å². The number of rotatable bonds is 5. The Morgan fingerprint density at radius 2 is 2.06 bits per heavy atom. The lowest BCUT2D eigenvalue weighted by Crippen LogP contribution is -2.54. The fourth-order valence-electron chi connectivity index (χ4n) is 4.10. The minimum atomic E-state index is 0.324. The molecular formula is C15H29N3.